The first-order chi connectivity index (χ1) is 6.40. The summed E-state index contributed by atoms with van der Waals surface area (Å²) >= 11 is 5.46. The largest absolute Gasteiger partial charge is 0.351 e. The SMILES string of the molecule is BrCC1CN=C(N2CCCCC2)S1. The Balaban J connectivity index is 1.87. The molecular formula is C9H15BrN2S. The molecule has 0 amide bonds. The van der Waals surface area contributed by atoms with Crippen molar-refractivity contribution in [2.75, 3.05) is 25.0 Å². The summed E-state index contributed by atoms with van der Waals surface area (Å²) in [6, 6.07) is 0. The zero-order valence-corrected chi connectivity index (χ0v) is 10.1. The van der Waals surface area contributed by atoms with E-state index in [0.29, 0.717) is 5.25 Å². The molecule has 0 aliphatic carbocycles. The first-order valence-corrected chi connectivity index (χ1v) is 6.92. The number of halogens is 1. The maximum Gasteiger partial charge on any atom is 0.159 e. The lowest BCUT2D eigenvalue weighted by Crippen LogP contribution is -2.33. The molecule has 2 aliphatic rings. The Morgan fingerprint density at radius 1 is 1.38 bits per heavy atom. The number of likely N-dealkylation sites (tertiary alicyclic amines) is 1. The molecule has 0 aromatic carbocycles. The lowest BCUT2D eigenvalue weighted by molar-refractivity contribution is 0.348. The van der Waals surface area contributed by atoms with Crippen molar-refractivity contribution in [1.82, 2.24) is 4.90 Å². The average molecular weight is 263 g/mol. The van der Waals surface area contributed by atoms with Crippen molar-refractivity contribution in [1.29, 1.82) is 0 Å². The second-order valence-corrected chi connectivity index (χ2v) is 5.48. The van der Waals surface area contributed by atoms with Gasteiger partial charge in [-0.15, -0.1) is 0 Å². The number of thioether (sulfide) groups is 1. The van der Waals surface area contributed by atoms with Crippen molar-refractivity contribution in [3.63, 3.8) is 0 Å². The van der Waals surface area contributed by atoms with Crippen LogP contribution in [0.3, 0.4) is 0 Å². The van der Waals surface area contributed by atoms with Crippen molar-refractivity contribution >= 4 is 32.9 Å². The van der Waals surface area contributed by atoms with E-state index in [-0.39, 0.29) is 0 Å². The van der Waals surface area contributed by atoms with Crippen LogP contribution in [0.25, 0.3) is 0 Å². The summed E-state index contributed by atoms with van der Waals surface area (Å²) in [5, 5.41) is 3.04. The molecule has 0 radical (unpaired) electrons. The van der Waals surface area contributed by atoms with Gasteiger partial charge in [-0.25, -0.2) is 0 Å². The molecule has 2 rings (SSSR count). The number of piperidine rings is 1. The van der Waals surface area contributed by atoms with E-state index in [1.54, 1.807) is 0 Å². The third-order valence-electron chi connectivity index (χ3n) is 2.50. The predicted molar refractivity (Wildman–Crippen MR) is 62.9 cm³/mol. The van der Waals surface area contributed by atoms with Crippen LogP contribution in [-0.4, -0.2) is 40.3 Å². The second-order valence-electron chi connectivity index (χ2n) is 3.57. The van der Waals surface area contributed by atoms with Crippen LogP contribution >= 0.6 is 27.7 Å². The molecule has 1 atom stereocenters. The van der Waals surface area contributed by atoms with Gasteiger partial charge in [-0.3, -0.25) is 4.99 Å². The number of amidine groups is 1. The Labute approximate surface area is 92.3 Å². The highest BCUT2D eigenvalue weighted by Gasteiger charge is 2.23. The Morgan fingerprint density at radius 3 is 2.77 bits per heavy atom. The monoisotopic (exact) mass is 262 g/mol. The van der Waals surface area contributed by atoms with Crippen LogP contribution in [0, 0.1) is 0 Å². The lowest BCUT2D eigenvalue weighted by Gasteiger charge is -2.28. The maximum absolute atomic E-state index is 4.59. The van der Waals surface area contributed by atoms with Gasteiger partial charge in [0.15, 0.2) is 5.17 Å². The lowest BCUT2D eigenvalue weighted by atomic mass is 10.1. The minimum atomic E-state index is 0.678. The number of hydrogen-bond acceptors (Lipinski definition) is 3. The van der Waals surface area contributed by atoms with Gasteiger partial charge in [0.05, 0.1) is 6.54 Å². The molecule has 0 aromatic heterocycles. The summed E-state index contributed by atoms with van der Waals surface area (Å²) < 4.78 is 0. The number of aliphatic imine (C=N–C) groups is 1. The van der Waals surface area contributed by atoms with Crippen LogP contribution < -0.4 is 0 Å². The molecule has 0 bridgehead atoms. The van der Waals surface area contributed by atoms with Crippen molar-refractivity contribution < 1.29 is 0 Å². The third kappa shape index (κ3) is 2.40. The average Bonchev–Trinajstić information content (AvgIpc) is 2.67. The molecule has 4 heteroatoms. The minimum Gasteiger partial charge on any atom is -0.351 e. The summed E-state index contributed by atoms with van der Waals surface area (Å²) in [5.41, 5.74) is 0. The van der Waals surface area contributed by atoms with E-state index in [0.717, 1.165) is 11.9 Å². The highest BCUT2D eigenvalue weighted by molar-refractivity contribution is 9.09. The highest BCUT2D eigenvalue weighted by Crippen LogP contribution is 2.26. The predicted octanol–water partition coefficient (Wildman–Crippen LogP) is 2.34. The molecule has 0 aromatic rings. The topological polar surface area (TPSA) is 15.6 Å². The quantitative estimate of drug-likeness (QED) is 0.675. The highest BCUT2D eigenvalue weighted by atomic mass is 79.9. The van der Waals surface area contributed by atoms with Crippen LogP contribution in [0.1, 0.15) is 19.3 Å². The van der Waals surface area contributed by atoms with E-state index in [4.69, 9.17) is 0 Å². The Hall–Kier alpha value is 0.300. The summed E-state index contributed by atoms with van der Waals surface area (Å²) in [6.07, 6.45) is 4.09. The molecule has 2 nitrogen and oxygen atoms in total. The summed E-state index contributed by atoms with van der Waals surface area (Å²) in [6.45, 7) is 3.45. The summed E-state index contributed by atoms with van der Waals surface area (Å²) in [7, 11) is 0. The van der Waals surface area contributed by atoms with Crippen molar-refractivity contribution in [3.05, 3.63) is 0 Å². The van der Waals surface area contributed by atoms with E-state index in [1.165, 1.54) is 37.5 Å². The van der Waals surface area contributed by atoms with Gasteiger partial charge in [-0.05, 0) is 19.3 Å². The molecule has 1 saturated heterocycles. The second kappa shape index (κ2) is 4.69. The zero-order chi connectivity index (χ0) is 9.10. The van der Waals surface area contributed by atoms with Crippen molar-refractivity contribution in [3.8, 4) is 0 Å². The number of alkyl halides is 1. The van der Waals surface area contributed by atoms with Crippen LogP contribution in [0.2, 0.25) is 0 Å². The van der Waals surface area contributed by atoms with E-state index in [1.807, 2.05) is 11.8 Å². The number of rotatable bonds is 1. The van der Waals surface area contributed by atoms with Crippen molar-refractivity contribution in [2.24, 2.45) is 4.99 Å². The zero-order valence-electron chi connectivity index (χ0n) is 7.71. The minimum absolute atomic E-state index is 0.678. The Morgan fingerprint density at radius 2 is 2.15 bits per heavy atom. The fourth-order valence-electron chi connectivity index (χ4n) is 1.74. The van der Waals surface area contributed by atoms with E-state index >= 15 is 0 Å². The van der Waals surface area contributed by atoms with Gasteiger partial charge in [-0.2, -0.15) is 0 Å². The van der Waals surface area contributed by atoms with Gasteiger partial charge < -0.3 is 4.90 Å². The first kappa shape index (κ1) is 9.84. The van der Waals surface area contributed by atoms with E-state index in [9.17, 15) is 0 Å². The number of nitrogens with zero attached hydrogens (tertiary/aromatic N) is 2. The van der Waals surface area contributed by atoms with Gasteiger partial charge in [-0.1, -0.05) is 27.7 Å². The Kier molecular flexibility index (Phi) is 3.55. The molecule has 0 N–H and O–H groups in total. The number of hydrogen-bond donors (Lipinski definition) is 0. The van der Waals surface area contributed by atoms with Crippen LogP contribution in [-0.2, 0) is 0 Å². The molecule has 0 spiro atoms. The van der Waals surface area contributed by atoms with Crippen LogP contribution in [0.5, 0.6) is 0 Å². The van der Waals surface area contributed by atoms with E-state index < -0.39 is 0 Å². The summed E-state index contributed by atoms with van der Waals surface area (Å²) in [4.78, 5) is 7.04. The maximum atomic E-state index is 4.59. The van der Waals surface area contributed by atoms with Crippen LogP contribution in [0.15, 0.2) is 4.99 Å². The van der Waals surface area contributed by atoms with Gasteiger partial charge in [0, 0.05) is 23.7 Å². The molecule has 13 heavy (non-hydrogen) atoms. The third-order valence-corrected chi connectivity index (χ3v) is 4.96. The van der Waals surface area contributed by atoms with E-state index in [2.05, 4.69) is 25.8 Å². The van der Waals surface area contributed by atoms with Gasteiger partial charge in [0.25, 0.3) is 0 Å². The van der Waals surface area contributed by atoms with Crippen LogP contribution in [0.4, 0.5) is 0 Å². The van der Waals surface area contributed by atoms with Crippen molar-refractivity contribution in [2.45, 2.75) is 24.5 Å². The normalized spacial score (nSPS) is 29.2. The molecule has 2 heterocycles. The molecular weight excluding hydrogens is 248 g/mol. The smallest absolute Gasteiger partial charge is 0.159 e. The summed E-state index contributed by atoms with van der Waals surface area (Å²) in [5.74, 6) is 0. The van der Waals surface area contributed by atoms with Gasteiger partial charge in [0.1, 0.15) is 0 Å². The standard InChI is InChI=1S/C9H15BrN2S/c10-6-8-7-11-9(13-8)12-4-2-1-3-5-12/h8H,1-7H2. The van der Waals surface area contributed by atoms with Gasteiger partial charge >= 0.3 is 0 Å². The fraction of sp³-hybridized carbons (Fsp3) is 0.889. The fourth-order valence-corrected chi connectivity index (χ4v) is 3.34. The molecule has 1 fully saturated rings. The first-order valence-electron chi connectivity index (χ1n) is 4.92. The molecule has 0 saturated carbocycles. The molecule has 74 valence electrons. The Bertz CT molecular complexity index is 202. The van der Waals surface area contributed by atoms with Gasteiger partial charge in [0.2, 0.25) is 0 Å². The molecule has 1 unspecified atom stereocenters. The molecule has 2 aliphatic heterocycles.